The molecule has 1 aromatic rings. The third kappa shape index (κ3) is 3.50. The van der Waals surface area contributed by atoms with Gasteiger partial charge in [0.1, 0.15) is 0 Å². The highest BCUT2D eigenvalue weighted by molar-refractivity contribution is 7.90. The van der Waals surface area contributed by atoms with E-state index in [0.717, 1.165) is 6.26 Å². The van der Waals surface area contributed by atoms with Crippen LogP contribution in [-0.4, -0.2) is 26.5 Å². The molecule has 0 aliphatic carbocycles. The Labute approximate surface area is 99.5 Å². The summed E-state index contributed by atoms with van der Waals surface area (Å²) in [5.74, 6) is -0.0986. The molecule has 1 rings (SSSR count). The van der Waals surface area contributed by atoms with E-state index in [2.05, 4.69) is 5.32 Å². The van der Waals surface area contributed by atoms with Gasteiger partial charge in [-0.25, -0.2) is 8.42 Å². The molecular weight excluding hydrogens is 250 g/mol. The van der Waals surface area contributed by atoms with E-state index in [-0.39, 0.29) is 23.1 Å². The number of nitrogens with one attached hydrogen (secondary N) is 1. The molecule has 0 aromatic heterocycles. The number of sulfone groups is 1. The molecule has 16 heavy (non-hydrogen) atoms. The first-order chi connectivity index (χ1) is 7.45. The van der Waals surface area contributed by atoms with Gasteiger partial charge >= 0.3 is 0 Å². The minimum absolute atomic E-state index is 0.109. The Bertz CT molecular complexity index is 485. The van der Waals surface area contributed by atoms with Gasteiger partial charge in [-0.2, -0.15) is 0 Å². The summed E-state index contributed by atoms with van der Waals surface area (Å²) in [7, 11) is -3.34. The molecule has 1 amide bonds. The van der Waals surface area contributed by atoms with Gasteiger partial charge in [0.25, 0.3) is 0 Å². The average Bonchev–Trinajstić information content (AvgIpc) is 2.17. The smallest absolute Gasteiger partial charge is 0.225 e. The van der Waals surface area contributed by atoms with Gasteiger partial charge in [-0.05, 0) is 12.1 Å². The van der Waals surface area contributed by atoms with E-state index < -0.39 is 9.84 Å². The minimum atomic E-state index is -3.34. The zero-order valence-electron chi connectivity index (χ0n) is 8.73. The fraction of sp³-hybridized carbons (Fsp3) is 0.300. The fourth-order valence-corrected chi connectivity index (χ4v) is 2.21. The van der Waals surface area contributed by atoms with Crippen LogP contribution in [0.3, 0.4) is 0 Å². The largest absolute Gasteiger partial charge is 0.325 e. The summed E-state index contributed by atoms with van der Waals surface area (Å²) in [6.45, 7) is 0. The third-order valence-corrected chi connectivity index (χ3v) is 3.23. The fourth-order valence-electron chi connectivity index (χ4n) is 1.19. The summed E-state index contributed by atoms with van der Waals surface area (Å²) in [4.78, 5) is 11.4. The van der Waals surface area contributed by atoms with Gasteiger partial charge in [0.2, 0.25) is 5.91 Å². The molecule has 4 nitrogen and oxygen atoms in total. The zero-order valence-corrected chi connectivity index (χ0v) is 10.3. The van der Waals surface area contributed by atoms with Gasteiger partial charge in [0.05, 0.1) is 10.6 Å². The first-order valence-electron chi connectivity index (χ1n) is 4.60. The van der Waals surface area contributed by atoms with Crippen molar-refractivity contribution < 1.29 is 13.2 Å². The lowest BCUT2D eigenvalue weighted by Crippen LogP contribution is -2.14. The van der Waals surface area contributed by atoms with Gasteiger partial charge < -0.3 is 5.32 Å². The first kappa shape index (κ1) is 13.0. The molecule has 6 heteroatoms. The van der Waals surface area contributed by atoms with Crippen LogP contribution in [0.5, 0.6) is 0 Å². The number of rotatable bonds is 4. The molecule has 0 heterocycles. The van der Waals surface area contributed by atoms with E-state index in [1.54, 1.807) is 18.2 Å². The van der Waals surface area contributed by atoms with Crippen molar-refractivity contribution in [2.45, 2.75) is 11.3 Å². The van der Waals surface area contributed by atoms with Crippen molar-refractivity contribution in [3.05, 3.63) is 24.3 Å². The topological polar surface area (TPSA) is 63.2 Å². The number of carbonyl (C=O) groups is 1. The van der Waals surface area contributed by atoms with E-state index in [1.807, 2.05) is 0 Å². The number of anilines is 1. The zero-order chi connectivity index (χ0) is 12.2. The quantitative estimate of drug-likeness (QED) is 0.839. The Morgan fingerprint density at radius 1 is 1.38 bits per heavy atom. The van der Waals surface area contributed by atoms with Crippen molar-refractivity contribution in [1.82, 2.24) is 0 Å². The summed E-state index contributed by atoms with van der Waals surface area (Å²) in [5.41, 5.74) is 0.292. The summed E-state index contributed by atoms with van der Waals surface area (Å²) in [6.07, 6.45) is 1.25. The van der Waals surface area contributed by atoms with Crippen molar-refractivity contribution >= 4 is 33.0 Å². The number of carbonyl (C=O) groups excluding carboxylic acids is 1. The van der Waals surface area contributed by atoms with Crippen LogP contribution < -0.4 is 5.32 Å². The Morgan fingerprint density at radius 3 is 2.56 bits per heavy atom. The number of hydrogen-bond acceptors (Lipinski definition) is 3. The third-order valence-electron chi connectivity index (χ3n) is 1.88. The van der Waals surface area contributed by atoms with Crippen LogP contribution in [0, 0.1) is 0 Å². The Balaban J connectivity index is 3.01. The maximum atomic E-state index is 11.4. The predicted octanol–water partition coefficient (Wildman–Crippen LogP) is 1.66. The molecule has 1 aromatic carbocycles. The van der Waals surface area contributed by atoms with E-state index in [4.69, 9.17) is 11.6 Å². The van der Waals surface area contributed by atoms with Crippen molar-refractivity contribution in [2.24, 2.45) is 0 Å². The normalized spacial score (nSPS) is 11.1. The standard InChI is InChI=1S/C10H12ClNO3S/c1-16(14,15)9-5-3-2-4-8(9)12-10(13)6-7-11/h2-5H,6-7H2,1H3,(H,12,13). The van der Waals surface area contributed by atoms with Gasteiger partial charge in [0, 0.05) is 18.6 Å². The number of benzene rings is 1. The highest BCUT2D eigenvalue weighted by Gasteiger charge is 2.13. The number of alkyl halides is 1. The first-order valence-corrected chi connectivity index (χ1v) is 7.02. The summed E-state index contributed by atoms with van der Waals surface area (Å²) >= 11 is 5.41. The second-order valence-corrected chi connectivity index (χ2v) is 5.62. The lowest BCUT2D eigenvalue weighted by Gasteiger charge is -2.08. The SMILES string of the molecule is CS(=O)(=O)c1ccccc1NC(=O)CCCl. The monoisotopic (exact) mass is 261 g/mol. The van der Waals surface area contributed by atoms with Crippen molar-refractivity contribution in [2.75, 3.05) is 17.5 Å². The van der Waals surface area contributed by atoms with Crippen molar-refractivity contribution in [1.29, 1.82) is 0 Å². The van der Waals surface area contributed by atoms with Crippen LogP contribution in [0.25, 0.3) is 0 Å². The summed E-state index contributed by atoms with van der Waals surface area (Å²) in [6, 6.07) is 6.26. The van der Waals surface area contributed by atoms with Crippen LogP contribution in [0.15, 0.2) is 29.2 Å². The molecule has 0 unspecified atom stereocenters. The molecule has 0 aliphatic heterocycles. The van der Waals surface area contributed by atoms with Crippen LogP contribution in [0.4, 0.5) is 5.69 Å². The molecule has 0 bridgehead atoms. The van der Waals surface area contributed by atoms with Crippen molar-refractivity contribution in [3.8, 4) is 0 Å². The molecule has 0 aliphatic rings. The maximum absolute atomic E-state index is 11.4. The average molecular weight is 262 g/mol. The van der Waals surface area contributed by atoms with E-state index in [9.17, 15) is 13.2 Å². The Morgan fingerprint density at radius 2 is 2.00 bits per heavy atom. The predicted molar refractivity (Wildman–Crippen MR) is 63.5 cm³/mol. The molecule has 88 valence electrons. The lowest BCUT2D eigenvalue weighted by molar-refractivity contribution is -0.115. The Hall–Kier alpha value is -1.07. The van der Waals surface area contributed by atoms with Gasteiger partial charge in [-0.1, -0.05) is 12.1 Å². The molecule has 0 saturated carbocycles. The molecule has 0 fully saturated rings. The maximum Gasteiger partial charge on any atom is 0.225 e. The summed E-state index contributed by atoms with van der Waals surface area (Å²) in [5, 5.41) is 2.52. The number of para-hydroxylation sites is 1. The highest BCUT2D eigenvalue weighted by Crippen LogP contribution is 2.20. The number of amides is 1. The molecule has 0 spiro atoms. The van der Waals surface area contributed by atoms with Crippen LogP contribution in [0.1, 0.15) is 6.42 Å². The summed E-state index contributed by atoms with van der Waals surface area (Å²) < 4.78 is 22.8. The molecular formula is C10H12ClNO3S. The van der Waals surface area contributed by atoms with E-state index in [1.165, 1.54) is 6.07 Å². The minimum Gasteiger partial charge on any atom is -0.325 e. The van der Waals surface area contributed by atoms with E-state index in [0.29, 0.717) is 5.69 Å². The van der Waals surface area contributed by atoms with Gasteiger partial charge in [-0.3, -0.25) is 4.79 Å². The lowest BCUT2D eigenvalue weighted by atomic mass is 10.3. The Kier molecular flexibility index (Phi) is 4.32. The van der Waals surface area contributed by atoms with E-state index >= 15 is 0 Å². The van der Waals surface area contributed by atoms with Crippen LogP contribution >= 0.6 is 11.6 Å². The highest BCUT2D eigenvalue weighted by atomic mass is 35.5. The van der Waals surface area contributed by atoms with Gasteiger partial charge in [0.15, 0.2) is 9.84 Å². The molecule has 0 saturated heterocycles. The number of hydrogen-bond donors (Lipinski definition) is 1. The van der Waals surface area contributed by atoms with Gasteiger partial charge in [-0.15, -0.1) is 11.6 Å². The number of halogens is 1. The second kappa shape index (κ2) is 5.32. The van der Waals surface area contributed by atoms with Crippen LogP contribution in [0.2, 0.25) is 0 Å². The molecule has 0 atom stereocenters. The van der Waals surface area contributed by atoms with Crippen LogP contribution in [-0.2, 0) is 14.6 Å². The van der Waals surface area contributed by atoms with Crippen molar-refractivity contribution in [3.63, 3.8) is 0 Å². The second-order valence-electron chi connectivity index (χ2n) is 3.26. The molecule has 1 N–H and O–H groups in total. The molecule has 0 radical (unpaired) electrons.